The Kier molecular flexibility index (Phi) is 17.0. The average molecular weight is 758 g/mol. The van der Waals surface area contributed by atoms with Crippen LogP contribution in [-0.2, 0) is 28.5 Å². The molecule has 0 rings (SSSR count). The number of carbonyl (C=O) groups excluding carboxylic acids is 1. The lowest BCUT2D eigenvalue weighted by Gasteiger charge is -2.43. The Morgan fingerprint density at radius 2 is 1.02 bits per heavy atom. The lowest BCUT2D eigenvalue weighted by atomic mass is 9.80. The zero-order chi connectivity index (χ0) is 38.9. The third-order valence-electron chi connectivity index (χ3n) is 4.41. The largest absolute Gasteiger partial charge is 0.453 e. The maximum atomic E-state index is 13.5. The Morgan fingerprint density at radius 1 is 0.660 bits per heavy atom. The molecular weight excluding hydrogens is 739 g/mol. The predicted octanol–water partition coefficient (Wildman–Crippen LogP) is 7.30. The smallest absolute Gasteiger partial charge is 0.453 e. The highest BCUT2D eigenvalue weighted by Gasteiger charge is 2.83. The molecule has 0 aromatic rings. The fourth-order valence-electron chi connectivity index (χ4n) is 2.14. The summed E-state index contributed by atoms with van der Waals surface area (Å²) in [6.45, 7) is -6.69. The van der Waals surface area contributed by atoms with Gasteiger partial charge in [-0.15, -0.1) is 0 Å². The van der Waals surface area contributed by atoms with Gasteiger partial charge in [-0.25, -0.2) is 32.2 Å². The highest BCUT2D eigenvalue weighted by molar-refractivity contribution is 5.81. The summed E-state index contributed by atoms with van der Waals surface area (Å²) in [5.41, 5.74) is -6.40. The molecule has 0 aliphatic carbocycles. The fourth-order valence-corrected chi connectivity index (χ4v) is 2.14. The molecule has 0 aromatic carbocycles. The highest BCUT2D eigenvalue weighted by Crippen LogP contribution is 2.60. The van der Waals surface area contributed by atoms with Crippen molar-refractivity contribution in [2.24, 2.45) is 5.41 Å². The first-order valence-corrected chi connectivity index (χ1v) is 10.6. The van der Waals surface area contributed by atoms with Gasteiger partial charge in [-0.3, -0.25) is 4.39 Å². The number of hydrogen-bond donors (Lipinski definition) is 1. The van der Waals surface area contributed by atoms with Crippen molar-refractivity contribution in [3.05, 3.63) is 12.7 Å². The molecule has 0 saturated carbocycles. The van der Waals surface area contributed by atoms with Crippen LogP contribution >= 0.6 is 0 Å². The zero-order valence-corrected chi connectivity index (χ0v) is 22.7. The van der Waals surface area contributed by atoms with Crippen LogP contribution in [0, 0.1) is 5.41 Å². The Bertz CT molecular complexity index is 965. The van der Waals surface area contributed by atoms with E-state index in [4.69, 9.17) is 5.11 Å². The molecular formula is C19H19F21O7. The quantitative estimate of drug-likeness (QED) is 0.101. The molecule has 0 amide bonds. The SMILES string of the molecule is C=CC(=O)OCC(F)(F)OC(F)(F)C(F)(F)OC.CC(F)(F)C(CF)(C(F)(F)F)C(F)(F)OC(F)(F)C(F)(F)OC(F)(F)CO.CF. The molecule has 7 nitrogen and oxygen atoms in total. The van der Waals surface area contributed by atoms with Crippen LogP contribution < -0.4 is 0 Å². The van der Waals surface area contributed by atoms with Crippen LogP contribution in [0.25, 0.3) is 0 Å². The van der Waals surface area contributed by atoms with Crippen LogP contribution in [0.5, 0.6) is 0 Å². The lowest BCUT2D eigenvalue weighted by Crippen LogP contribution is -2.66. The van der Waals surface area contributed by atoms with E-state index in [1.807, 2.05) is 4.74 Å². The van der Waals surface area contributed by atoms with Gasteiger partial charge in [0.25, 0.3) is 5.92 Å². The number of hydrogen-bond acceptors (Lipinski definition) is 7. The van der Waals surface area contributed by atoms with Crippen molar-refractivity contribution in [1.82, 2.24) is 0 Å². The van der Waals surface area contributed by atoms with E-state index < -0.39 is 93.1 Å². The van der Waals surface area contributed by atoms with Gasteiger partial charge in [-0.2, -0.15) is 74.6 Å². The van der Waals surface area contributed by atoms with Crippen molar-refractivity contribution in [1.29, 1.82) is 0 Å². The molecule has 0 aliphatic heterocycles. The number of aliphatic hydroxyl groups excluding tert-OH is 1. The highest BCUT2D eigenvalue weighted by atomic mass is 19.4. The number of esters is 1. The number of carbonyl (C=O) groups is 1. The number of rotatable bonds is 16. The molecule has 284 valence electrons. The second-order valence-corrected chi connectivity index (χ2v) is 7.76. The molecule has 28 heteroatoms. The summed E-state index contributed by atoms with van der Waals surface area (Å²) in [6.07, 6.45) is -48.9. The Labute approximate surface area is 247 Å². The normalized spacial score (nSPS) is 15.4. The first kappa shape index (κ1) is 48.9. The monoisotopic (exact) mass is 758 g/mol. The van der Waals surface area contributed by atoms with E-state index in [0.29, 0.717) is 13.3 Å². The summed E-state index contributed by atoms with van der Waals surface area (Å²) in [5.74, 6) is -7.29. The van der Waals surface area contributed by atoms with Crippen molar-refractivity contribution in [2.75, 3.05) is 34.2 Å². The van der Waals surface area contributed by atoms with Gasteiger partial charge >= 0.3 is 54.9 Å². The molecule has 0 fully saturated rings. The van der Waals surface area contributed by atoms with Gasteiger partial charge < -0.3 is 14.6 Å². The van der Waals surface area contributed by atoms with Gasteiger partial charge in [0.1, 0.15) is 13.3 Å². The van der Waals surface area contributed by atoms with Gasteiger partial charge in [-0.1, -0.05) is 6.58 Å². The zero-order valence-electron chi connectivity index (χ0n) is 22.7. The van der Waals surface area contributed by atoms with Crippen molar-refractivity contribution in [2.45, 2.75) is 61.8 Å². The molecule has 0 radical (unpaired) electrons. The third kappa shape index (κ3) is 12.5. The molecule has 47 heavy (non-hydrogen) atoms. The Balaban J connectivity index is -0.000000840. The fraction of sp³-hybridized carbons (Fsp3) is 0.842. The summed E-state index contributed by atoms with van der Waals surface area (Å²) < 4.78 is 279. The topological polar surface area (TPSA) is 83.5 Å². The molecule has 0 bridgehead atoms. The van der Waals surface area contributed by atoms with Crippen LogP contribution in [0.2, 0.25) is 0 Å². The second-order valence-electron chi connectivity index (χ2n) is 7.76. The van der Waals surface area contributed by atoms with Gasteiger partial charge in [0.05, 0.1) is 7.18 Å². The summed E-state index contributed by atoms with van der Waals surface area (Å²) >= 11 is 0. The minimum absolute atomic E-state index is 0.174. The maximum Gasteiger partial charge on any atom is 0.453 e. The van der Waals surface area contributed by atoms with Crippen LogP contribution in [0.3, 0.4) is 0 Å². The number of ether oxygens (including phenoxy) is 5. The van der Waals surface area contributed by atoms with E-state index in [0.717, 1.165) is 0 Å². The second kappa shape index (κ2) is 16.3. The average Bonchev–Trinajstić information content (AvgIpc) is 2.85. The lowest BCUT2D eigenvalue weighted by molar-refractivity contribution is -0.542. The van der Waals surface area contributed by atoms with Gasteiger partial charge in [0.15, 0.2) is 6.61 Å². The number of methoxy groups -OCH3 is 1. The molecule has 0 saturated heterocycles. The molecule has 0 spiro atoms. The standard InChI is InChI=1S/C10H8F14O3.C8H8F6O4.CH3F/c1-4(12,13)5(2-11,7(16,17)18)8(19,20)27-10(23,24)9(21,22)26-6(14,15)3-25;1-3-5(15)17-4-6(9,10)18-8(13,14)7(11,12)16-2;1-2/h25H,2-3H2,1H3;3H,1,4H2,2H3;1H3. The number of halogens is 21. The van der Waals surface area contributed by atoms with Gasteiger partial charge in [-0.05, 0) is 0 Å². The van der Waals surface area contributed by atoms with Gasteiger partial charge in [0, 0.05) is 20.1 Å². The van der Waals surface area contributed by atoms with E-state index in [9.17, 15) is 97.0 Å². The van der Waals surface area contributed by atoms with Crippen molar-refractivity contribution >= 4 is 5.97 Å². The molecule has 1 N–H and O–H groups in total. The van der Waals surface area contributed by atoms with E-state index in [1.54, 1.807) is 4.74 Å². The Morgan fingerprint density at radius 3 is 1.32 bits per heavy atom. The van der Waals surface area contributed by atoms with E-state index >= 15 is 0 Å². The summed E-state index contributed by atoms with van der Waals surface area (Å²) in [7, 11) is 0.674. The molecule has 0 heterocycles. The van der Waals surface area contributed by atoms with Crippen LogP contribution in [-0.4, -0.2) is 100 Å². The summed E-state index contributed by atoms with van der Waals surface area (Å²) in [4.78, 5) is 10.4. The molecule has 1 unspecified atom stereocenters. The van der Waals surface area contributed by atoms with Gasteiger partial charge in [0.2, 0.25) is 5.41 Å². The van der Waals surface area contributed by atoms with E-state index in [-0.39, 0.29) is 7.11 Å². The molecule has 0 aliphatic rings. The summed E-state index contributed by atoms with van der Waals surface area (Å²) in [5, 5.41) is 7.90. The molecule has 0 aromatic heterocycles. The van der Waals surface area contributed by atoms with E-state index in [2.05, 4.69) is 20.8 Å². The minimum Gasteiger partial charge on any atom is -0.453 e. The van der Waals surface area contributed by atoms with Crippen LogP contribution in [0.15, 0.2) is 12.7 Å². The Hall–Kier alpha value is -2.46. The number of alkyl halides is 21. The van der Waals surface area contributed by atoms with Crippen molar-refractivity contribution in [3.8, 4) is 0 Å². The van der Waals surface area contributed by atoms with Crippen LogP contribution in [0.1, 0.15) is 6.92 Å². The first-order valence-electron chi connectivity index (χ1n) is 10.6. The number of aliphatic hydroxyl groups is 1. The third-order valence-corrected chi connectivity index (χ3v) is 4.41. The molecule has 1 atom stereocenters. The minimum atomic E-state index is -7.12. The van der Waals surface area contributed by atoms with E-state index in [1.165, 1.54) is 0 Å². The van der Waals surface area contributed by atoms with Crippen molar-refractivity contribution < 1.29 is 126 Å². The maximum absolute atomic E-state index is 13.5. The summed E-state index contributed by atoms with van der Waals surface area (Å²) in [6, 6.07) is 0. The van der Waals surface area contributed by atoms with Crippen LogP contribution in [0.4, 0.5) is 92.2 Å². The van der Waals surface area contributed by atoms with Crippen molar-refractivity contribution in [3.63, 3.8) is 0 Å². The predicted molar refractivity (Wildman–Crippen MR) is 105 cm³/mol. The first-order chi connectivity index (χ1) is 20.5.